The summed E-state index contributed by atoms with van der Waals surface area (Å²) < 4.78 is 0. The number of aromatic nitrogens is 1. The largest absolute Gasteiger partial charge is 0.334 e. The van der Waals surface area contributed by atoms with Crippen molar-refractivity contribution in [3.63, 3.8) is 0 Å². The van der Waals surface area contributed by atoms with Crippen LogP contribution in [0.15, 0.2) is 41.9 Å². The first-order valence-corrected chi connectivity index (χ1v) is 6.86. The third-order valence-corrected chi connectivity index (χ3v) is 3.38. The van der Waals surface area contributed by atoms with Crippen molar-refractivity contribution >= 4 is 23.3 Å². The van der Waals surface area contributed by atoms with Gasteiger partial charge in [-0.3, -0.25) is 15.2 Å². The van der Waals surface area contributed by atoms with Crippen LogP contribution in [0.3, 0.4) is 0 Å². The van der Waals surface area contributed by atoms with E-state index in [1.165, 1.54) is 11.3 Å². The van der Waals surface area contributed by atoms with Gasteiger partial charge in [0.15, 0.2) is 0 Å². The molecular formula is C13H14N4O2S. The Hall–Kier alpha value is -2.41. The molecule has 0 fully saturated rings. The summed E-state index contributed by atoms with van der Waals surface area (Å²) in [6.45, 7) is 1.81. The smallest absolute Gasteiger partial charge is 0.329 e. The molecule has 2 rings (SSSR count). The van der Waals surface area contributed by atoms with Crippen molar-refractivity contribution in [3.8, 4) is 0 Å². The van der Waals surface area contributed by atoms with E-state index in [9.17, 15) is 9.59 Å². The molecule has 2 heterocycles. The summed E-state index contributed by atoms with van der Waals surface area (Å²) >= 11 is 1.30. The normalized spacial score (nSPS) is 11.4. The number of thiophene rings is 1. The van der Waals surface area contributed by atoms with Gasteiger partial charge in [-0.05, 0) is 30.5 Å². The van der Waals surface area contributed by atoms with Gasteiger partial charge in [-0.15, -0.1) is 11.3 Å². The van der Waals surface area contributed by atoms with Crippen LogP contribution < -0.4 is 16.2 Å². The number of carbonyl (C=O) groups is 2. The van der Waals surface area contributed by atoms with Crippen molar-refractivity contribution < 1.29 is 9.59 Å². The quantitative estimate of drug-likeness (QED) is 0.754. The molecule has 3 N–H and O–H groups in total. The maximum absolute atomic E-state index is 11.6. The Morgan fingerprint density at radius 1 is 1.20 bits per heavy atom. The fraction of sp³-hybridized carbons (Fsp3) is 0.154. The molecule has 2 aromatic rings. The first-order valence-electron chi connectivity index (χ1n) is 5.98. The van der Waals surface area contributed by atoms with Crippen molar-refractivity contribution in [2.75, 3.05) is 0 Å². The van der Waals surface area contributed by atoms with Crippen molar-refractivity contribution in [2.24, 2.45) is 0 Å². The maximum Gasteiger partial charge on any atom is 0.334 e. The van der Waals surface area contributed by atoms with E-state index in [1.807, 2.05) is 19.1 Å². The van der Waals surface area contributed by atoms with Crippen LogP contribution in [-0.2, 0) is 0 Å². The molecule has 3 amide bonds. The van der Waals surface area contributed by atoms with Crippen LogP contribution in [0.5, 0.6) is 0 Å². The number of pyridine rings is 1. The first kappa shape index (κ1) is 14.0. The molecule has 7 heteroatoms. The molecule has 6 nitrogen and oxygen atoms in total. The number of nitrogens with one attached hydrogen (secondary N) is 3. The lowest BCUT2D eigenvalue weighted by Crippen LogP contribution is -2.47. The van der Waals surface area contributed by atoms with E-state index >= 15 is 0 Å². The molecule has 0 aliphatic rings. The van der Waals surface area contributed by atoms with Crippen LogP contribution in [0.4, 0.5) is 4.79 Å². The van der Waals surface area contributed by atoms with Gasteiger partial charge in [-0.1, -0.05) is 12.1 Å². The number of amides is 3. The van der Waals surface area contributed by atoms with Crippen LogP contribution in [0.2, 0.25) is 0 Å². The second-order valence-electron chi connectivity index (χ2n) is 4.01. The molecule has 0 bridgehead atoms. The average Bonchev–Trinajstić information content (AvgIpc) is 3.00. The Bertz CT molecular complexity index is 571. The summed E-state index contributed by atoms with van der Waals surface area (Å²) in [4.78, 5) is 27.9. The Morgan fingerprint density at radius 2 is 2.05 bits per heavy atom. The summed E-state index contributed by atoms with van der Waals surface area (Å²) in [5.74, 6) is -0.347. The minimum absolute atomic E-state index is 0.255. The van der Waals surface area contributed by atoms with E-state index in [4.69, 9.17) is 0 Å². The van der Waals surface area contributed by atoms with Crippen LogP contribution in [0.1, 0.15) is 28.3 Å². The number of hydrogen-bond acceptors (Lipinski definition) is 4. The van der Waals surface area contributed by atoms with Gasteiger partial charge in [0.2, 0.25) is 0 Å². The lowest BCUT2D eigenvalue weighted by molar-refractivity contribution is 0.0940. The highest BCUT2D eigenvalue weighted by molar-refractivity contribution is 7.12. The zero-order valence-corrected chi connectivity index (χ0v) is 11.6. The van der Waals surface area contributed by atoms with Crippen molar-refractivity contribution in [2.45, 2.75) is 13.0 Å². The maximum atomic E-state index is 11.6. The molecule has 2 aromatic heterocycles. The highest BCUT2D eigenvalue weighted by Gasteiger charge is 2.11. The van der Waals surface area contributed by atoms with Gasteiger partial charge in [0, 0.05) is 6.20 Å². The lowest BCUT2D eigenvalue weighted by atomic mass is 10.2. The number of rotatable bonds is 3. The number of hydrogen-bond donors (Lipinski definition) is 3. The summed E-state index contributed by atoms with van der Waals surface area (Å²) in [6, 6.07) is 8.16. The van der Waals surface area contributed by atoms with Gasteiger partial charge in [-0.2, -0.15) is 0 Å². The Balaban J connectivity index is 1.80. The van der Waals surface area contributed by atoms with E-state index in [-0.39, 0.29) is 11.9 Å². The molecule has 104 valence electrons. The van der Waals surface area contributed by atoms with Crippen LogP contribution in [0, 0.1) is 0 Å². The summed E-state index contributed by atoms with van der Waals surface area (Å²) in [5.41, 5.74) is 5.37. The molecule has 0 spiro atoms. The summed E-state index contributed by atoms with van der Waals surface area (Å²) in [6.07, 6.45) is 1.66. The lowest BCUT2D eigenvalue weighted by Gasteiger charge is -2.14. The molecule has 0 aromatic carbocycles. The number of hydrazine groups is 1. The van der Waals surface area contributed by atoms with Gasteiger partial charge in [-0.25, -0.2) is 10.2 Å². The highest BCUT2D eigenvalue weighted by atomic mass is 32.1. The van der Waals surface area contributed by atoms with Crippen molar-refractivity contribution in [3.05, 3.63) is 52.5 Å². The molecular weight excluding hydrogens is 276 g/mol. The van der Waals surface area contributed by atoms with Gasteiger partial charge in [0.05, 0.1) is 16.6 Å². The molecule has 0 unspecified atom stereocenters. The standard InChI is InChI=1S/C13H14N4O2S/c1-9(10-5-2-3-7-14-10)15-13(19)17-16-12(18)11-6-4-8-20-11/h2-9H,1H3,(H,16,18)(H2,15,17,19)/t9-/m0/s1. The first-order chi connectivity index (χ1) is 9.66. The minimum Gasteiger partial charge on any atom is -0.329 e. The fourth-order valence-electron chi connectivity index (χ4n) is 1.52. The Morgan fingerprint density at radius 3 is 2.70 bits per heavy atom. The van der Waals surface area contributed by atoms with Gasteiger partial charge < -0.3 is 5.32 Å². The van der Waals surface area contributed by atoms with Gasteiger partial charge in [0.25, 0.3) is 5.91 Å². The molecule has 1 atom stereocenters. The third kappa shape index (κ3) is 3.79. The Labute approximate surface area is 120 Å². The zero-order valence-electron chi connectivity index (χ0n) is 10.8. The van der Waals surface area contributed by atoms with E-state index in [0.717, 1.165) is 5.69 Å². The van der Waals surface area contributed by atoms with Gasteiger partial charge in [0.1, 0.15) is 0 Å². The van der Waals surface area contributed by atoms with Crippen LogP contribution in [0.25, 0.3) is 0 Å². The molecule has 0 radical (unpaired) electrons. The minimum atomic E-state index is -0.493. The monoisotopic (exact) mass is 290 g/mol. The van der Waals surface area contributed by atoms with Gasteiger partial charge >= 0.3 is 6.03 Å². The molecule has 0 saturated heterocycles. The zero-order chi connectivity index (χ0) is 14.4. The van der Waals surface area contributed by atoms with E-state index in [1.54, 1.807) is 29.8 Å². The highest BCUT2D eigenvalue weighted by Crippen LogP contribution is 2.08. The Kier molecular flexibility index (Phi) is 4.67. The number of nitrogens with zero attached hydrogens (tertiary/aromatic N) is 1. The SMILES string of the molecule is C[C@H](NC(=O)NNC(=O)c1cccs1)c1ccccn1. The predicted octanol–water partition coefficient (Wildman–Crippen LogP) is 1.85. The van der Waals surface area contributed by atoms with E-state index in [0.29, 0.717) is 4.88 Å². The average molecular weight is 290 g/mol. The fourth-order valence-corrected chi connectivity index (χ4v) is 2.14. The number of urea groups is 1. The van der Waals surface area contributed by atoms with Crippen molar-refractivity contribution in [1.82, 2.24) is 21.2 Å². The van der Waals surface area contributed by atoms with Crippen LogP contribution in [-0.4, -0.2) is 16.9 Å². The molecule has 0 aliphatic heterocycles. The summed E-state index contributed by atoms with van der Waals surface area (Å²) in [5, 5.41) is 4.46. The predicted molar refractivity (Wildman–Crippen MR) is 76.1 cm³/mol. The molecule has 0 saturated carbocycles. The van der Waals surface area contributed by atoms with Crippen LogP contribution >= 0.6 is 11.3 Å². The summed E-state index contributed by atoms with van der Waals surface area (Å²) in [7, 11) is 0. The number of carbonyl (C=O) groups excluding carboxylic acids is 2. The van der Waals surface area contributed by atoms with Crippen molar-refractivity contribution in [1.29, 1.82) is 0 Å². The second-order valence-corrected chi connectivity index (χ2v) is 4.95. The third-order valence-electron chi connectivity index (χ3n) is 2.51. The second kappa shape index (κ2) is 6.67. The molecule has 0 aliphatic carbocycles. The van der Waals surface area contributed by atoms with E-state index < -0.39 is 6.03 Å². The topological polar surface area (TPSA) is 83.1 Å². The molecule has 20 heavy (non-hydrogen) atoms. The van der Waals surface area contributed by atoms with E-state index in [2.05, 4.69) is 21.2 Å².